The highest BCUT2D eigenvalue weighted by molar-refractivity contribution is 7.17. The molecule has 6 aromatic heterocycles. The summed E-state index contributed by atoms with van der Waals surface area (Å²) in [5.41, 5.74) is 5.85. The standard InChI is InChI=1S/C28H25N7O2S/c1-16(36)25-4-5-26(38-25)19-6-7-30-28-20(19)11-23(32-28)27-21-12-22(31-15-24(21)33-34-27)17-10-18(14-29-13-17)37-9-8-35(2)3/h4-7,10-15H,8-9H2,1-3H3,(H,30,32)(H,33,34). The van der Waals surface area contributed by atoms with Crippen molar-refractivity contribution in [2.45, 2.75) is 6.92 Å². The number of H-pyrrole nitrogens is 2. The van der Waals surface area contributed by atoms with Crippen LogP contribution in [0.2, 0.25) is 0 Å². The molecule has 9 nitrogen and oxygen atoms in total. The van der Waals surface area contributed by atoms with Crippen molar-refractivity contribution in [2.75, 3.05) is 27.2 Å². The number of carbonyl (C=O) groups is 1. The first kappa shape index (κ1) is 24.0. The minimum Gasteiger partial charge on any atom is -0.491 e. The van der Waals surface area contributed by atoms with Crippen LogP contribution < -0.4 is 4.74 Å². The number of carbonyl (C=O) groups excluding carboxylic acids is 1. The van der Waals surface area contributed by atoms with Gasteiger partial charge < -0.3 is 14.6 Å². The number of fused-ring (bicyclic) bond motifs is 2. The zero-order chi connectivity index (χ0) is 26.2. The summed E-state index contributed by atoms with van der Waals surface area (Å²) in [4.78, 5) is 32.6. The summed E-state index contributed by atoms with van der Waals surface area (Å²) in [5.74, 6) is 0.768. The number of pyridine rings is 3. The number of thiophene rings is 1. The molecule has 0 aliphatic carbocycles. The van der Waals surface area contributed by atoms with Gasteiger partial charge in [-0.3, -0.25) is 19.9 Å². The van der Waals surface area contributed by atoms with Crippen LogP contribution in [-0.4, -0.2) is 68.1 Å². The molecule has 0 fully saturated rings. The fourth-order valence-electron chi connectivity index (χ4n) is 4.31. The highest BCUT2D eigenvalue weighted by Crippen LogP contribution is 2.36. The molecule has 0 unspecified atom stereocenters. The Morgan fingerprint density at radius 1 is 1.05 bits per heavy atom. The molecule has 6 aromatic rings. The summed E-state index contributed by atoms with van der Waals surface area (Å²) in [6.07, 6.45) is 7.05. The van der Waals surface area contributed by atoms with E-state index in [1.807, 2.05) is 44.4 Å². The van der Waals surface area contributed by atoms with Gasteiger partial charge in [-0.2, -0.15) is 5.10 Å². The van der Waals surface area contributed by atoms with E-state index in [1.54, 1.807) is 31.7 Å². The smallest absolute Gasteiger partial charge is 0.169 e. The van der Waals surface area contributed by atoms with Crippen LogP contribution in [0.25, 0.3) is 55.0 Å². The second kappa shape index (κ2) is 9.81. The van der Waals surface area contributed by atoms with Gasteiger partial charge in [-0.25, -0.2) is 4.98 Å². The molecule has 0 aliphatic rings. The first-order valence-corrected chi connectivity index (χ1v) is 12.9. The highest BCUT2D eigenvalue weighted by atomic mass is 32.1. The lowest BCUT2D eigenvalue weighted by Gasteiger charge is -2.11. The minimum absolute atomic E-state index is 0.0644. The van der Waals surface area contributed by atoms with Gasteiger partial charge in [0.2, 0.25) is 0 Å². The average molecular weight is 524 g/mol. The molecule has 10 heteroatoms. The Morgan fingerprint density at radius 3 is 2.76 bits per heavy atom. The van der Waals surface area contributed by atoms with Crippen molar-refractivity contribution in [1.29, 1.82) is 0 Å². The molecule has 38 heavy (non-hydrogen) atoms. The van der Waals surface area contributed by atoms with Crippen molar-refractivity contribution in [3.8, 4) is 38.8 Å². The molecule has 6 heterocycles. The van der Waals surface area contributed by atoms with E-state index in [9.17, 15) is 4.79 Å². The van der Waals surface area contributed by atoms with Crippen molar-refractivity contribution in [3.05, 3.63) is 66.1 Å². The van der Waals surface area contributed by atoms with Crippen LogP contribution in [0, 0.1) is 0 Å². The van der Waals surface area contributed by atoms with E-state index >= 15 is 0 Å². The van der Waals surface area contributed by atoms with E-state index in [1.165, 1.54) is 11.3 Å². The number of hydrogen-bond acceptors (Lipinski definition) is 8. The summed E-state index contributed by atoms with van der Waals surface area (Å²) in [6, 6.07) is 11.8. The Balaban J connectivity index is 1.37. The number of hydrogen-bond donors (Lipinski definition) is 2. The SMILES string of the molecule is CC(=O)c1ccc(-c2ccnc3[nH]c(-c4n[nH]c5cnc(-c6cncc(OCCN(C)C)c6)cc45)cc23)s1. The molecular formula is C28H25N7O2S. The first-order valence-electron chi connectivity index (χ1n) is 12.1. The summed E-state index contributed by atoms with van der Waals surface area (Å²) in [5, 5.41) is 9.57. The monoisotopic (exact) mass is 523 g/mol. The van der Waals surface area contributed by atoms with Gasteiger partial charge in [-0.15, -0.1) is 11.3 Å². The molecule has 2 N–H and O–H groups in total. The van der Waals surface area contributed by atoms with Crippen molar-refractivity contribution >= 4 is 39.1 Å². The predicted octanol–water partition coefficient (Wildman–Crippen LogP) is 5.43. The zero-order valence-electron chi connectivity index (χ0n) is 21.1. The van der Waals surface area contributed by atoms with Gasteiger partial charge in [0.15, 0.2) is 5.78 Å². The lowest BCUT2D eigenvalue weighted by atomic mass is 10.1. The van der Waals surface area contributed by atoms with Crippen molar-refractivity contribution < 1.29 is 9.53 Å². The molecular weight excluding hydrogens is 498 g/mol. The molecule has 0 aromatic carbocycles. The third kappa shape index (κ3) is 4.55. The third-order valence-corrected chi connectivity index (χ3v) is 7.49. The lowest BCUT2D eigenvalue weighted by molar-refractivity contribution is 0.102. The topological polar surface area (TPSA) is 113 Å². The molecule has 0 bridgehead atoms. The Hall–Kier alpha value is -4.41. The predicted molar refractivity (Wildman–Crippen MR) is 150 cm³/mol. The molecule has 190 valence electrons. The van der Waals surface area contributed by atoms with Gasteiger partial charge >= 0.3 is 0 Å². The summed E-state index contributed by atoms with van der Waals surface area (Å²) < 4.78 is 5.86. The van der Waals surface area contributed by atoms with Gasteiger partial charge in [0, 0.05) is 45.7 Å². The van der Waals surface area contributed by atoms with Crippen molar-refractivity contribution in [3.63, 3.8) is 0 Å². The Labute approximate surface area is 222 Å². The van der Waals surface area contributed by atoms with Gasteiger partial charge in [-0.1, -0.05) is 0 Å². The number of likely N-dealkylation sites (N-methyl/N-ethyl adjacent to an activating group) is 1. The molecule has 0 spiro atoms. The van der Waals surface area contributed by atoms with Crippen LogP contribution in [0.3, 0.4) is 0 Å². The van der Waals surface area contributed by atoms with Crippen LogP contribution in [0.5, 0.6) is 5.75 Å². The second-order valence-electron chi connectivity index (χ2n) is 9.27. The van der Waals surface area contributed by atoms with E-state index in [-0.39, 0.29) is 5.78 Å². The van der Waals surface area contributed by atoms with Gasteiger partial charge in [0.05, 0.1) is 34.2 Å². The van der Waals surface area contributed by atoms with E-state index in [0.29, 0.717) is 12.4 Å². The maximum absolute atomic E-state index is 11.8. The lowest BCUT2D eigenvalue weighted by Crippen LogP contribution is -2.19. The average Bonchev–Trinajstić information content (AvgIpc) is 3.66. The van der Waals surface area contributed by atoms with Crippen LogP contribution >= 0.6 is 11.3 Å². The van der Waals surface area contributed by atoms with E-state index in [2.05, 4.69) is 41.1 Å². The quantitative estimate of drug-likeness (QED) is 0.256. The molecule has 0 atom stereocenters. The molecule has 0 saturated carbocycles. The number of ether oxygens (including phenoxy) is 1. The number of nitrogens with zero attached hydrogens (tertiary/aromatic N) is 5. The zero-order valence-corrected chi connectivity index (χ0v) is 22.0. The van der Waals surface area contributed by atoms with Gasteiger partial charge in [0.25, 0.3) is 0 Å². The molecule has 0 saturated heterocycles. The number of nitrogens with one attached hydrogen (secondary N) is 2. The number of aromatic amines is 2. The van der Waals surface area contributed by atoms with Crippen LogP contribution in [0.15, 0.2) is 61.2 Å². The first-order chi connectivity index (χ1) is 18.5. The van der Waals surface area contributed by atoms with E-state index in [4.69, 9.17) is 4.74 Å². The van der Waals surface area contributed by atoms with Crippen LogP contribution in [0.1, 0.15) is 16.6 Å². The summed E-state index contributed by atoms with van der Waals surface area (Å²) >= 11 is 1.49. The van der Waals surface area contributed by atoms with Crippen LogP contribution in [-0.2, 0) is 0 Å². The van der Waals surface area contributed by atoms with Gasteiger partial charge in [0.1, 0.15) is 23.7 Å². The number of ketones is 1. The Kier molecular flexibility index (Phi) is 6.18. The third-order valence-electron chi connectivity index (χ3n) is 6.27. The Morgan fingerprint density at radius 2 is 1.95 bits per heavy atom. The molecule has 0 radical (unpaired) electrons. The van der Waals surface area contributed by atoms with Gasteiger partial charge in [-0.05, 0) is 57.4 Å². The minimum atomic E-state index is 0.0644. The maximum Gasteiger partial charge on any atom is 0.169 e. The number of aromatic nitrogens is 6. The maximum atomic E-state index is 11.8. The summed E-state index contributed by atoms with van der Waals surface area (Å²) in [7, 11) is 4.02. The second-order valence-corrected chi connectivity index (χ2v) is 10.4. The fraction of sp³-hybridized carbons (Fsp3) is 0.179. The van der Waals surface area contributed by atoms with Crippen molar-refractivity contribution in [2.24, 2.45) is 0 Å². The normalized spacial score (nSPS) is 11.6. The fourth-order valence-corrected chi connectivity index (χ4v) is 5.25. The summed E-state index contributed by atoms with van der Waals surface area (Å²) in [6.45, 7) is 2.98. The molecule has 6 rings (SSSR count). The van der Waals surface area contributed by atoms with Crippen LogP contribution in [0.4, 0.5) is 0 Å². The number of Topliss-reactive ketones (excluding diaryl/α,β-unsaturated/α-hetero) is 1. The highest BCUT2D eigenvalue weighted by Gasteiger charge is 2.17. The molecule has 0 aliphatic heterocycles. The van der Waals surface area contributed by atoms with Crippen molar-refractivity contribution in [1.82, 2.24) is 35.0 Å². The number of rotatable bonds is 8. The molecule has 0 amide bonds. The van der Waals surface area contributed by atoms with E-state index < -0.39 is 0 Å². The Bertz CT molecular complexity index is 1780. The van der Waals surface area contributed by atoms with E-state index in [0.717, 1.165) is 66.4 Å². The largest absolute Gasteiger partial charge is 0.491 e.